The van der Waals surface area contributed by atoms with Crippen LogP contribution in [0, 0.1) is 5.82 Å². The normalized spacial score (nSPS) is 11.4. The Kier molecular flexibility index (Phi) is 9.41. The minimum atomic E-state index is -4.85. The Balaban J connectivity index is 0.000000424. The van der Waals surface area contributed by atoms with Gasteiger partial charge in [0.15, 0.2) is 11.6 Å². The molecule has 0 atom stereocenters. The minimum absolute atomic E-state index is 0.233. The maximum absolute atomic E-state index is 13.3. The molecule has 2 aromatic carbocycles. The van der Waals surface area contributed by atoms with Gasteiger partial charge in [-0.15, -0.1) is 0 Å². The van der Waals surface area contributed by atoms with Crippen LogP contribution < -0.4 is 4.74 Å². The van der Waals surface area contributed by atoms with E-state index in [9.17, 15) is 27.3 Å². The first-order valence-electron chi connectivity index (χ1n) is 9.64. The summed E-state index contributed by atoms with van der Waals surface area (Å²) in [5.74, 6) is -2.96. The van der Waals surface area contributed by atoms with E-state index in [1.165, 1.54) is 48.9 Å². The molecule has 2 aromatic rings. The fourth-order valence-corrected chi connectivity index (χ4v) is 3.43. The Hall–Kier alpha value is -2.49. The Morgan fingerprint density at radius 1 is 1.03 bits per heavy atom. The number of benzene rings is 2. The smallest absolute Gasteiger partial charge is 0.343 e. The first-order chi connectivity index (χ1) is 14.0. The molecule has 0 fully saturated rings. The summed E-state index contributed by atoms with van der Waals surface area (Å²) in [5, 5.41) is 9.44. The number of nitrogens with zero attached hydrogens (tertiary/aromatic N) is 1. The van der Waals surface area contributed by atoms with Gasteiger partial charge in [0.1, 0.15) is 15.9 Å². The number of phenolic OH excluding ortho intramolecular Hbond substituents is 1. The quantitative estimate of drug-likeness (QED) is 0.305. The van der Waals surface area contributed by atoms with E-state index >= 15 is 0 Å². The van der Waals surface area contributed by atoms with Crippen LogP contribution >= 0.6 is 0 Å². The number of aromatic hydroxyl groups is 1. The maximum Gasteiger partial charge on any atom is 0.343 e. The Bertz CT molecular complexity index is 940. The zero-order chi connectivity index (χ0) is 22.9. The summed E-state index contributed by atoms with van der Waals surface area (Å²) >= 11 is 0. The van der Waals surface area contributed by atoms with Crippen LogP contribution in [0.25, 0.3) is 0 Å². The number of carbonyl (C=O) groups is 1. The molecule has 0 saturated heterocycles. The van der Waals surface area contributed by atoms with Gasteiger partial charge in [-0.3, -0.25) is 0 Å². The van der Waals surface area contributed by atoms with Crippen molar-refractivity contribution in [1.29, 1.82) is 0 Å². The molecular weight excluding hydrogens is 413 g/mol. The topological polar surface area (TPSA) is 104 Å². The molecule has 0 unspecified atom stereocenters. The van der Waals surface area contributed by atoms with E-state index in [2.05, 4.69) is 27.7 Å². The lowest BCUT2D eigenvalue weighted by molar-refractivity contribution is -0.921. The molecule has 0 radical (unpaired) electrons. The summed E-state index contributed by atoms with van der Waals surface area (Å²) in [4.78, 5) is 10.9. The van der Waals surface area contributed by atoms with E-state index < -0.39 is 32.5 Å². The molecule has 0 saturated carbocycles. The van der Waals surface area contributed by atoms with Crippen molar-refractivity contribution in [2.45, 2.75) is 32.6 Å². The second-order valence-corrected chi connectivity index (χ2v) is 7.91. The van der Waals surface area contributed by atoms with Gasteiger partial charge in [0.2, 0.25) is 0 Å². The van der Waals surface area contributed by atoms with Crippen LogP contribution in [-0.4, -0.2) is 54.7 Å². The molecular formula is C21H28FNO6S. The summed E-state index contributed by atoms with van der Waals surface area (Å²) in [6.07, 6.45) is 0. The molecule has 1 N–H and O–H groups in total. The highest BCUT2D eigenvalue weighted by Crippen LogP contribution is 2.24. The van der Waals surface area contributed by atoms with E-state index in [1.807, 2.05) is 0 Å². The molecule has 0 aromatic heterocycles. The molecule has 0 amide bonds. The van der Waals surface area contributed by atoms with Crippen molar-refractivity contribution in [2.75, 3.05) is 26.2 Å². The molecule has 166 valence electrons. The van der Waals surface area contributed by atoms with Crippen LogP contribution in [0.5, 0.6) is 11.5 Å². The van der Waals surface area contributed by atoms with Crippen molar-refractivity contribution in [1.82, 2.24) is 0 Å². The minimum Gasteiger partial charge on any atom is -0.744 e. The van der Waals surface area contributed by atoms with Crippen LogP contribution in [-0.2, 0) is 10.1 Å². The zero-order valence-electron chi connectivity index (χ0n) is 17.6. The highest BCUT2D eigenvalue weighted by molar-refractivity contribution is 7.85. The largest absolute Gasteiger partial charge is 0.744 e. The van der Waals surface area contributed by atoms with Crippen molar-refractivity contribution < 1.29 is 36.5 Å². The second kappa shape index (κ2) is 11.1. The molecule has 2 rings (SSSR count). The van der Waals surface area contributed by atoms with Gasteiger partial charge < -0.3 is 18.9 Å². The number of halogens is 1. The van der Waals surface area contributed by atoms with E-state index in [0.29, 0.717) is 0 Å². The summed E-state index contributed by atoms with van der Waals surface area (Å²) in [6, 6.07) is 7.69. The number of rotatable bonds is 7. The van der Waals surface area contributed by atoms with E-state index in [4.69, 9.17) is 4.74 Å². The van der Waals surface area contributed by atoms with Gasteiger partial charge in [-0.05, 0) is 58.0 Å². The highest BCUT2D eigenvalue weighted by atomic mass is 32.2. The fraction of sp³-hybridized carbons (Fsp3) is 0.381. The number of para-hydroxylation sites is 1. The molecule has 0 heterocycles. The first-order valence-corrected chi connectivity index (χ1v) is 11.0. The Labute approximate surface area is 177 Å². The fourth-order valence-electron chi connectivity index (χ4n) is 2.88. The van der Waals surface area contributed by atoms with E-state index in [0.717, 1.165) is 24.3 Å². The number of esters is 1. The van der Waals surface area contributed by atoms with E-state index in [1.54, 1.807) is 0 Å². The number of hydrogen-bond donors (Lipinski definition) is 1. The van der Waals surface area contributed by atoms with Crippen molar-refractivity contribution >= 4 is 16.1 Å². The third-order valence-corrected chi connectivity index (χ3v) is 6.07. The second-order valence-electron chi connectivity index (χ2n) is 6.56. The molecule has 30 heavy (non-hydrogen) atoms. The third-order valence-electron chi connectivity index (χ3n) is 5.19. The van der Waals surface area contributed by atoms with Crippen LogP contribution in [0.3, 0.4) is 0 Å². The van der Waals surface area contributed by atoms with Gasteiger partial charge in [0, 0.05) is 0 Å². The first kappa shape index (κ1) is 25.5. The number of hydrogen-bond acceptors (Lipinski definition) is 6. The van der Waals surface area contributed by atoms with Crippen molar-refractivity contribution in [3.8, 4) is 11.5 Å². The lowest BCUT2D eigenvalue weighted by Crippen LogP contribution is -2.47. The molecule has 7 nitrogen and oxygen atoms in total. The van der Waals surface area contributed by atoms with Crippen molar-refractivity contribution in [3.05, 3.63) is 53.8 Å². The maximum atomic E-state index is 13.3. The number of carbonyl (C=O) groups excluding carboxylic acids is 1. The molecule has 0 bridgehead atoms. The number of phenols is 1. The lowest BCUT2D eigenvalue weighted by Gasteiger charge is -2.34. The van der Waals surface area contributed by atoms with Gasteiger partial charge in [0.25, 0.3) is 0 Å². The SMILES string of the molecule is CC[N+](CC)(CC)CC.O=C(Oc1ccccc1F)c1ccc(S(=O)(=O)[O-])c(O)c1. The monoisotopic (exact) mass is 441 g/mol. The van der Waals surface area contributed by atoms with Crippen LogP contribution in [0.1, 0.15) is 38.1 Å². The number of ether oxygens (including phenoxy) is 1. The molecule has 0 aliphatic rings. The van der Waals surface area contributed by atoms with Gasteiger partial charge in [-0.2, -0.15) is 0 Å². The predicted octanol–water partition coefficient (Wildman–Crippen LogP) is 3.54. The molecule has 9 heteroatoms. The standard InChI is InChI=1S/C13H9FO6S.C8H20N/c14-9-3-1-2-4-11(9)20-13(16)8-5-6-12(10(15)7-8)21(17,18)19;1-5-9(6-2,7-3)8-4/h1-7,15H,(H,17,18,19);5-8H2,1-4H3/q;+1/p-1. The van der Waals surface area contributed by atoms with Crippen LogP contribution in [0.4, 0.5) is 4.39 Å². The third kappa shape index (κ3) is 6.79. The molecule has 0 aliphatic heterocycles. The van der Waals surface area contributed by atoms with Gasteiger partial charge in [-0.1, -0.05) is 12.1 Å². The van der Waals surface area contributed by atoms with Crippen molar-refractivity contribution in [3.63, 3.8) is 0 Å². The van der Waals surface area contributed by atoms with Gasteiger partial charge in [0.05, 0.1) is 36.6 Å². The molecule has 0 spiro atoms. The summed E-state index contributed by atoms with van der Waals surface area (Å²) in [7, 11) is -4.85. The number of quaternary nitrogens is 1. The van der Waals surface area contributed by atoms with Crippen LogP contribution in [0.15, 0.2) is 47.4 Å². The zero-order valence-corrected chi connectivity index (χ0v) is 18.4. The average molecular weight is 442 g/mol. The van der Waals surface area contributed by atoms with Gasteiger partial charge >= 0.3 is 5.97 Å². The van der Waals surface area contributed by atoms with E-state index in [-0.39, 0.29) is 11.3 Å². The predicted molar refractivity (Wildman–Crippen MR) is 110 cm³/mol. The van der Waals surface area contributed by atoms with Crippen LogP contribution in [0.2, 0.25) is 0 Å². The molecule has 0 aliphatic carbocycles. The lowest BCUT2D eigenvalue weighted by atomic mass is 10.2. The Morgan fingerprint density at radius 2 is 1.57 bits per heavy atom. The summed E-state index contributed by atoms with van der Waals surface area (Å²) < 4.78 is 51.7. The average Bonchev–Trinajstić information content (AvgIpc) is 2.71. The highest BCUT2D eigenvalue weighted by Gasteiger charge is 2.17. The summed E-state index contributed by atoms with van der Waals surface area (Å²) in [5.41, 5.74) is -0.233. The van der Waals surface area contributed by atoms with Crippen molar-refractivity contribution in [2.24, 2.45) is 0 Å². The Morgan fingerprint density at radius 3 is 1.97 bits per heavy atom. The van der Waals surface area contributed by atoms with Gasteiger partial charge in [-0.25, -0.2) is 17.6 Å². The summed E-state index contributed by atoms with van der Waals surface area (Å²) in [6.45, 7) is 14.2.